The Bertz CT molecular complexity index is 681. The van der Waals surface area contributed by atoms with Crippen molar-refractivity contribution in [3.63, 3.8) is 0 Å². The van der Waals surface area contributed by atoms with Crippen LogP contribution in [0.25, 0.3) is 5.52 Å². The van der Waals surface area contributed by atoms with Gasteiger partial charge in [0, 0.05) is 44.0 Å². The standard InChI is InChI=1S/C16H19N5/c17-9-15-12-19(7-8-20(15)14-4-5-14)11-13-10-18-21-6-2-1-3-16(13)21/h1-3,6,10,14-15H,4-5,7-8,11-12H2. The van der Waals surface area contributed by atoms with Crippen molar-refractivity contribution in [1.29, 1.82) is 5.26 Å². The van der Waals surface area contributed by atoms with E-state index < -0.39 is 0 Å². The van der Waals surface area contributed by atoms with Crippen molar-refractivity contribution in [2.24, 2.45) is 0 Å². The summed E-state index contributed by atoms with van der Waals surface area (Å²) in [5.41, 5.74) is 2.41. The number of nitriles is 1. The van der Waals surface area contributed by atoms with E-state index in [1.165, 1.54) is 18.4 Å². The molecule has 1 saturated heterocycles. The maximum absolute atomic E-state index is 9.42. The van der Waals surface area contributed by atoms with Gasteiger partial charge in [-0.3, -0.25) is 9.80 Å². The zero-order valence-corrected chi connectivity index (χ0v) is 12.0. The Kier molecular flexibility index (Phi) is 3.13. The molecular formula is C16H19N5. The SMILES string of the molecule is N#CC1CN(Cc2cnn3ccccc23)CCN1C1CC1. The van der Waals surface area contributed by atoms with Gasteiger partial charge in [0.1, 0.15) is 6.04 Å². The summed E-state index contributed by atoms with van der Waals surface area (Å²) in [6.07, 6.45) is 6.46. The van der Waals surface area contributed by atoms with Gasteiger partial charge in [0.15, 0.2) is 0 Å². The second-order valence-electron chi connectivity index (χ2n) is 6.05. The van der Waals surface area contributed by atoms with Crippen LogP contribution >= 0.6 is 0 Å². The third kappa shape index (κ3) is 2.41. The molecule has 0 aromatic carbocycles. The van der Waals surface area contributed by atoms with E-state index in [1.54, 1.807) is 0 Å². The summed E-state index contributed by atoms with van der Waals surface area (Å²) in [7, 11) is 0. The monoisotopic (exact) mass is 281 g/mol. The van der Waals surface area contributed by atoms with E-state index in [-0.39, 0.29) is 6.04 Å². The molecule has 1 saturated carbocycles. The smallest absolute Gasteiger partial charge is 0.111 e. The molecule has 2 aromatic rings. The van der Waals surface area contributed by atoms with Crippen molar-refractivity contribution in [1.82, 2.24) is 19.4 Å². The molecule has 2 aliphatic rings. The largest absolute Gasteiger partial charge is 0.295 e. The Morgan fingerprint density at radius 3 is 3.00 bits per heavy atom. The van der Waals surface area contributed by atoms with Crippen LogP contribution in [0.4, 0.5) is 0 Å². The van der Waals surface area contributed by atoms with Gasteiger partial charge in [0.2, 0.25) is 0 Å². The first-order valence-corrected chi connectivity index (χ1v) is 7.64. The van der Waals surface area contributed by atoms with Gasteiger partial charge in [-0.2, -0.15) is 10.4 Å². The molecule has 4 rings (SSSR count). The van der Waals surface area contributed by atoms with Gasteiger partial charge < -0.3 is 0 Å². The molecule has 3 heterocycles. The van der Waals surface area contributed by atoms with Gasteiger partial charge in [-0.05, 0) is 25.0 Å². The first-order chi connectivity index (χ1) is 10.3. The number of rotatable bonds is 3. The molecule has 108 valence electrons. The third-order valence-electron chi connectivity index (χ3n) is 4.57. The average molecular weight is 281 g/mol. The second kappa shape index (κ2) is 5.14. The second-order valence-corrected chi connectivity index (χ2v) is 6.05. The summed E-state index contributed by atoms with van der Waals surface area (Å²) >= 11 is 0. The van der Waals surface area contributed by atoms with Crippen LogP contribution in [0.3, 0.4) is 0 Å². The van der Waals surface area contributed by atoms with Gasteiger partial charge in [-0.1, -0.05) is 6.07 Å². The van der Waals surface area contributed by atoms with Crippen molar-refractivity contribution in [3.05, 3.63) is 36.2 Å². The molecule has 0 bridgehead atoms. The Morgan fingerprint density at radius 1 is 1.29 bits per heavy atom. The molecule has 5 heteroatoms. The number of piperazine rings is 1. The first-order valence-electron chi connectivity index (χ1n) is 7.64. The van der Waals surface area contributed by atoms with Crippen LogP contribution in [-0.2, 0) is 6.54 Å². The van der Waals surface area contributed by atoms with Crippen LogP contribution in [0, 0.1) is 11.3 Å². The number of hydrogen-bond donors (Lipinski definition) is 0. The quantitative estimate of drug-likeness (QED) is 0.855. The fraction of sp³-hybridized carbons (Fsp3) is 0.500. The van der Waals surface area contributed by atoms with Gasteiger partial charge in [-0.25, -0.2) is 4.52 Å². The molecular weight excluding hydrogens is 262 g/mol. The van der Waals surface area contributed by atoms with E-state index in [1.807, 2.05) is 29.0 Å². The molecule has 2 aromatic heterocycles. The summed E-state index contributed by atoms with van der Waals surface area (Å²) in [5.74, 6) is 0. The van der Waals surface area contributed by atoms with Crippen LogP contribution in [0.15, 0.2) is 30.6 Å². The van der Waals surface area contributed by atoms with Crippen LogP contribution in [0.2, 0.25) is 0 Å². The Balaban J connectivity index is 1.49. The van der Waals surface area contributed by atoms with Gasteiger partial charge in [0.05, 0.1) is 17.8 Å². The molecule has 5 nitrogen and oxygen atoms in total. The molecule has 1 atom stereocenters. The average Bonchev–Trinajstić information content (AvgIpc) is 3.30. The molecule has 0 radical (unpaired) electrons. The van der Waals surface area contributed by atoms with Crippen LogP contribution < -0.4 is 0 Å². The molecule has 0 N–H and O–H groups in total. The summed E-state index contributed by atoms with van der Waals surface area (Å²) < 4.78 is 1.91. The van der Waals surface area contributed by atoms with Gasteiger partial charge in [-0.15, -0.1) is 0 Å². The minimum Gasteiger partial charge on any atom is -0.295 e. The highest BCUT2D eigenvalue weighted by Crippen LogP contribution is 2.30. The minimum atomic E-state index is 0.0492. The fourth-order valence-electron chi connectivity index (χ4n) is 3.31. The zero-order valence-electron chi connectivity index (χ0n) is 12.0. The van der Waals surface area contributed by atoms with E-state index in [0.29, 0.717) is 6.04 Å². The minimum absolute atomic E-state index is 0.0492. The van der Waals surface area contributed by atoms with Crippen LogP contribution in [-0.4, -0.2) is 51.1 Å². The molecule has 1 aliphatic carbocycles. The lowest BCUT2D eigenvalue weighted by atomic mass is 10.1. The van der Waals surface area contributed by atoms with E-state index in [0.717, 1.165) is 31.7 Å². The molecule has 2 fully saturated rings. The highest BCUT2D eigenvalue weighted by molar-refractivity contribution is 5.53. The number of fused-ring (bicyclic) bond motifs is 1. The summed E-state index contributed by atoms with van der Waals surface area (Å²) in [4.78, 5) is 4.78. The topological polar surface area (TPSA) is 47.6 Å². The normalized spacial score (nSPS) is 24.2. The Morgan fingerprint density at radius 2 is 2.19 bits per heavy atom. The maximum atomic E-state index is 9.42. The summed E-state index contributed by atoms with van der Waals surface area (Å²) in [6.45, 7) is 3.78. The lowest BCUT2D eigenvalue weighted by Gasteiger charge is -2.38. The zero-order chi connectivity index (χ0) is 14.2. The molecule has 1 aliphatic heterocycles. The number of nitrogens with zero attached hydrogens (tertiary/aromatic N) is 5. The van der Waals surface area contributed by atoms with Gasteiger partial charge in [0.25, 0.3) is 0 Å². The fourth-order valence-corrected chi connectivity index (χ4v) is 3.31. The molecule has 21 heavy (non-hydrogen) atoms. The van der Waals surface area contributed by atoms with Crippen molar-refractivity contribution in [2.75, 3.05) is 19.6 Å². The summed E-state index contributed by atoms with van der Waals surface area (Å²) in [5, 5.41) is 13.8. The van der Waals surface area contributed by atoms with Crippen LogP contribution in [0.1, 0.15) is 18.4 Å². The van der Waals surface area contributed by atoms with Crippen molar-refractivity contribution in [2.45, 2.75) is 31.5 Å². The highest BCUT2D eigenvalue weighted by atomic mass is 15.3. The molecule has 1 unspecified atom stereocenters. The number of pyridine rings is 1. The Labute approximate surface area is 124 Å². The van der Waals surface area contributed by atoms with E-state index in [9.17, 15) is 5.26 Å². The molecule has 0 amide bonds. The highest BCUT2D eigenvalue weighted by Gasteiger charge is 2.37. The van der Waals surface area contributed by atoms with Gasteiger partial charge >= 0.3 is 0 Å². The Hall–Kier alpha value is -1.90. The molecule has 0 spiro atoms. The van der Waals surface area contributed by atoms with E-state index in [2.05, 4.69) is 27.0 Å². The predicted octanol–water partition coefficient (Wildman–Crippen LogP) is 1.51. The predicted molar refractivity (Wildman–Crippen MR) is 79.6 cm³/mol. The lowest BCUT2D eigenvalue weighted by molar-refractivity contribution is 0.0900. The van der Waals surface area contributed by atoms with E-state index >= 15 is 0 Å². The number of aromatic nitrogens is 2. The van der Waals surface area contributed by atoms with Crippen LogP contribution in [0.5, 0.6) is 0 Å². The van der Waals surface area contributed by atoms with E-state index in [4.69, 9.17) is 0 Å². The van der Waals surface area contributed by atoms with Crippen molar-refractivity contribution < 1.29 is 0 Å². The lowest BCUT2D eigenvalue weighted by Crippen LogP contribution is -2.52. The van der Waals surface area contributed by atoms with Crippen molar-refractivity contribution >= 4 is 5.52 Å². The van der Waals surface area contributed by atoms with Crippen molar-refractivity contribution in [3.8, 4) is 6.07 Å². The third-order valence-corrected chi connectivity index (χ3v) is 4.57. The maximum Gasteiger partial charge on any atom is 0.111 e. The number of hydrogen-bond acceptors (Lipinski definition) is 4. The first kappa shape index (κ1) is 12.8. The summed E-state index contributed by atoms with van der Waals surface area (Å²) in [6, 6.07) is 9.35.